The maximum Gasteiger partial charge on any atom is 0.337 e. The van der Waals surface area contributed by atoms with Crippen molar-refractivity contribution in [2.75, 3.05) is 19.5 Å². The van der Waals surface area contributed by atoms with Gasteiger partial charge in [-0.2, -0.15) is 0 Å². The van der Waals surface area contributed by atoms with E-state index in [1.54, 1.807) is 0 Å². The number of aromatic carboxylic acids is 1. The Morgan fingerprint density at radius 1 is 1.24 bits per heavy atom. The topological polar surface area (TPSA) is 114 Å². The lowest BCUT2D eigenvalue weighted by Crippen LogP contribution is -2.41. The van der Waals surface area contributed by atoms with Crippen molar-refractivity contribution in [3.05, 3.63) is 23.8 Å². The Balaban J connectivity index is 2.88. The number of urea groups is 1. The van der Waals surface area contributed by atoms with Gasteiger partial charge in [0.2, 0.25) is 0 Å². The number of carbonyl (C=O) groups excluding carboxylic acids is 2. The predicted molar refractivity (Wildman–Crippen MR) is 73.6 cm³/mol. The maximum absolute atomic E-state index is 11.8. The van der Waals surface area contributed by atoms with Gasteiger partial charge in [0.05, 0.1) is 25.5 Å². The lowest BCUT2D eigenvalue weighted by atomic mass is 10.1. The number of hydrogen-bond donors (Lipinski definition) is 3. The number of amides is 2. The zero-order valence-electron chi connectivity index (χ0n) is 11.8. The Hall–Kier alpha value is -2.77. The number of ether oxygens (including phenoxy) is 2. The van der Waals surface area contributed by atoms with E-state index in [9.17, 15) is 14.4 Å². The lowest BCUT2D eigenvalue weighted by Gasteiger charge is -2.14. The van der Waals surface area contributed by atoms with Crippen LogP contribution in [-0.2, 0) is 9.53 Å². The van der Waals surface area contributed by atoms with Gasteiger partial charge in [-0.3, -0.25) is 0 Å². The van der Waals surface area contributed by atoms with Crippen molar-refractivity contribution in [2.24, 2.45) is 0 Å². The van der Waals surface area contributed by atoms with Crippen molar-refractivity contribution in [2.45, 2.75) is 13.0 Å². The molecule has 0 fully saturated rings. The molecule has 0 aliphatic carbocycles. The molecule has 0 heterocycles. The second-order valence-corrected chi connectivity index (χ2v) is 4.06. The first-order chi connectivity index (χ1) is 9.88. The largest absolute Gasteiger partial charge is 0.497 e. The minimum absolute atomic E-state index is 0.0522. The van der Waals surface area contributed by atoms with Crippen LogP contribution in [-0.4, -0.2) is 43.3 Å². The Bertz CT molecular complexity index is 558. The van der Waals surface area contributed by atoms with E-state index in [-0.39, 0.29) is 11.3 Å². The van der Waals surface area contributed by atoms with Gasteiger partial charge in [0.25, 0.3) is 0 Å². The highest BCUT2D eigenvalue weighted by Gasteiger charge is 2.18. The predicted octanol–water partition coefficient (Wildman–Crippen LogP) is 1.08. The summed E-state index contributed by atoms with van der Waals surface area (Å²) in [4.78, 5) is 34.0. The van der Waals surface area contributed by atoms with E-state index < -0.39 is 24.0 Å². The number of esters is 1. The van der Waals surface area contributed by atoms with Crippen LogP contribution in [0.3, 0.4) is 0 Å². The summed E-state index contributed by atoms with van der Waals surface area (Å²) in [6.07, 6.45) is 0. The number of carboxylic acid groups (broad SMARTS) is 1. The van der Waals surface area contributed by atoms with Gasteiger partial charge in [0, 0.05) is 6.07 Å². The van der Waals surface area contributed by atoms with Gasteiger partial charge < -0.3 is 25.2 Å². The molecule has 2 amide bonds. The Morgan fingerprint density at radius 2 is 1.90 bits per heavy atom. The molecule has 1 aromatic carbocycles. The third kappa shape index (κ3) is 4.37. The first-order valence-electron chi connectivity index (χ1n) is 5.95. The van der Waals surface area contributed by atoms with Crippen molar-refractivity contribution < 1.29 is 29.0 Å². The van der Waals surface area contributed by atoms with Gasteiger partial charge in [0.1, 0.15) is 11.8 Å². The van der Waals surface area contributed by atoms with Gasteiger partial charge in [0.15, 0.2) is 0 Å². The van der Waals surface area contributed by atoms with Crippen LogP contribution in [0.2, 0.25) is 0 Å². The summed E-state index contributed by atoms with van der Waals surface area (Å²) in [6, 6.07) is 2.54. The van der Waals surface area contributed by atoms with E-state index in [1.807, 2.05) is 0 Å². The Kier molecular flexibility index (Phi) is 5.53. The quantitative estimate of drug-likeness (QED) is 0.700. The molecule has 1 unspecified atom stereocenters. The average Bonchev–Trinajstić information content (AvgIpc) is 2.45. The van der Waals surface area contributed by atoms with Crippen molar-refractivity contribution in [1.82, 2.24) is 5.32 Å². The highest BCUT2D eigenvalue weighted by molar-refractivity contribution is 6.01. The molecule has 0 spiro atoms. The molecule has 3 N–H and O–H groups in total. The van der Waals surface area contributed by atoms with Crippen LogP contribution in [0, 0.1) is 0 Å². The molecule has 0 bridgehead atoms. The molecular weight excluding hydrogens is 280 g/mol. The van der Waals surface area contributed by atoms with Crippen molar-refractivity contribution in [1.29, 1.82) is 0 Å². The molecule has 1 aromatic rings. The second kappa shape index (κ2) is 7.13. The first kappa shape index (κ1) is 16.3. The van der Waals surface area contributed by atoms with E-state index >= 15 is 0 Å². The summed E-state index contributed by atoms with van der Waals surface area (Å²) in [7, 11) is 2.61. The second-order valence-electron chi connectivity index (χ2n) is 4.06. The SMILES string of the molecule is COC(=O)C(C)NC(=O)Nc1cc(OC)ccc1C(=O)O. The zero-order valence-corrected chi connectivity index (χ0v) is 11.8. The van der Waals surface area contributed by atoms with Gasteiger partial charge in [-0.1, -0.05) is 0 Å². The fraction of sp³-hybridized carbons (Fsp3) is 0.308. The summed E-state index contributed by atoms with van der Waals surface area (Å²) in [6.45, 7) is 1.44. The molecule has 8 heteroatoms. The molecule has 0 aliphatic heterocycles. The smallest absolute Gasteiger partial charge is 0.337 e. The summed E-state index contributed by atoms with van der Waals surface area (Å²) >= 11 is 0. The van der Waals surface area contributed by atoms with Crippen LogP contribution in [0.15, 0.2) is 18.2 Å². The van der Waals surface area contributed by atoms with E-state index in [0.29, 0.717) is 5.75 Å². The van der Waals surface area contributed by atoms with Crippen LogP contribution in [0.5, 0.6) is 5.75 Å². The number of anilines is 1. The minimum Gasteiger partial charge on any atom is -0.497 e. The number of carboxylic acids is 1. The number of methoxy groups -OCH3 is 2. The van der Waals surface area contributed by atoms with Gasteiger partial charge in [-0.25, -0.2) is 14.4 Å². The van der Waals surface area contributed by atoms with E-state index in [4.69, 9.17) is 9.84 Å². The fourth-order valence-corrected chi connectivity index (χ4v) is 1.53. The summed E-state index contributed by atoms with van der Waals surface area (Å²) in [5.41, 5.74) is -0.0481. The first-order valence-corrected chi connectivity index (χ1v) is 5.95. The molecule has 8 nitrogen and oxygen atoms in total. The Morgan fingerprint density at radius 3 is 2.43 bits per heavy atom. The van der Waals surface area contributed by atoms with Crippen LogP contribution in [0.1, 0.15) is 17.3 Å². The molecule has 0 aliphatic rings. The molecule has 21 heavy (non-hydrogen) atoms. The number of nitrogens with one attached hydrogen (secondary N) is 2. The van der Waals surface area contributed by atoms with Crippen molar-refractivity contribution >= 4 is 23.7 Å². The summed E-state index contributed by atoms with van der Waals surface area (Å²) < 4.78 is 9.44. The molecule has 0 saturated heterocycles. The highest BCUT2D eigenvalue weighted by Crippen LogP contribution is 2.22. The van der Waals surface area contributed by atoms with Gasteiger partial charge >= 0.3 is 18.0 Å². The van der Waals surface area contributed by atoms with E-state index in [2.05, 4.69) is 15.4 Å². The van der Waals surface area contributed by atoms with Crippen LogP contribution < -0.4 is 15.4 Å². The van der Waals surface area contributed by atoms with E-state index in [0.717, 1.165) is 0 Å². The van der Waals surface area contributed by atoms with Crippen LogP contribution in [0.25, 0.3) is 0 Å². The fourth-order valence-electron chi connectivity index (χ4n) is 1.53. The third-order valence-electron chi connectivity index (χ3n) is 2.61. The van der Waals surface area contributed by atoms with Crippen LogP contribution >= 0.6 is 0 Å². The maximum atomic E-state index is 11.8. The summed E-state index contributed by atoms with van der Waals surface area (Å²) in [5, 5.41) is 13.7. The van der Waals surface area contributed by atoms with E-state index in [1.165, 1.54) is 39.3 Å². The number of benzene rings is 1. The monoisotopic (exact) mass is 296 g/mol. The normalized spacial score (nSPS) is 11.2. The van der Waals surface area contributed by atoms with Gasteiger partial charge in [-0.15, -0.1) is 0 Å². The van der Waals surface area contributed by atoms with Crippen molar-refractivity contribution in [3.63, 3.8) is 0 Å². The average molecular weight is 296 g/mol. The molecule has 1 rings (SSSR count). The number of carbonyl (C=O) groups is 3. The third-order valence-corrected chi connectivity index (χ3v) is 2.61. The lowest BCUT2D eigenvalue weighted by molar-refractivity contribution is -0.142. The molecule has 0 saturated carbocycles. The zero-order chi connectivity index (χ0) is 16.0. The summed E-state index contributed by atoms with van der Waals surface area (Å²) in [5.74, 6) is -1.43. The standard InChI is InChI=1S/C13H16N2O6/c1-7(12(18)21-3)14-13(19)15-10-6-8(20-2)4-5-9(10)11(16)17/h4-7H,1-3H3,(H,16,17)(H2,14,15,19). The number of rotatable bonds is 5. The molecule has 0 radical (unpaired) electrons. The van der Waals surface area contributed by atoms with Crippen LogP contribution in [0.4, 0.5) is 10.5 Å². The van der Waals surface area contributed by atoms with Gasteiger partial charge in [-0.05, 0) is 19.1 Å². The highest BCUT2D eigenvalue weighted by atomic mass is 16.5. The minimum atomic E-state index is -1.20. The van der Waals surface area contributed by atoms with Crippen molar-refractivity contribution in [3.8, 4) is 5.75 Å². The number of hydrogen-bond acceptors (Lipinski definition) is 5. The molecule has 1 atom stereocenters. The molecule has 0 aromatic heterocycles. The Labute approximate surface area is 121 Å². The molecular formula is C13H16N2O6. The molecule has 114 valence electrons.